The SMILES string of the molecule is COC(=O)N=C(N)c1cc(F)[c]c(F)c1. The summed E-state index contributed by atoms with van der Waals surface area (Å²) in [5, 5.41) is 0. The van der Waals surface area contributed by atoms with E-state index in [-0.39, 0.29) is 11.4 Å². The Hall–Kier alpha value is -1.98. The van der Waals surface area contributed by atoms with Gasteiger partial charge in [0.1, 0.15) is 17.5 Å². The van der Waals surface area contributed by atoms with Gasteiger partial charge in [0.25, 0.3) is 0 Å². The molecule has 0 saturated carbocycles. The normalized spacial score (nSPS) is 11.3. The van der Waals surface area contributed by atoms with Crippen molar-refractivity contribution in [3.63, 3.8) is 0 Å². The number of hydrogen-bond donors (Lipinski definition) is 1. The van der Waals surface area contributed by atoms with Crippen LogP contribution < -0.4 is 5.73 Å². The van der Waals surface area contributed by atoms with Crippen molar-refractivity contribution < 1.29 is 18.3 Å². The summed E-state index contributed by atoms with van der Waals surface area (Å²) in [7, 11) is 1.11. The number of hydrogen-bond acceptors (Lipinski definition) is 2. The molecule has 0 saturated heterocycles. The first-order valence-electron chi connectivity index (χ1n) is 3.84. The lowest BCUT2D eigenvalue weighted by Gasteiger charge is -2.00. The molecule has 0 spiro atoms. The number of benzene rings is 1. The molecule has 2 N–H and O–H groups in total. The molecule has 0 unspecified atom stereocenters. The number of halogens is 2. The Morgan fingerprint density at radius 1 is 1.47 bits per heavy atom. The number of aliphatic imine (C=N–C) groups is 1. The monoisotopic (exact) mass is 213 g/mol. The van der Waals surface area contributed by atoms with E-state index in [9.17, 15) is 13.6 Å². The summed E-state index contributed by atoms with van der Waals surface area (Å²) in [5.41, 5.74) is 5.26. The third-order valence-electron chi connectivity index (χ3n) is 1.49. The second kappa shape index (κ2) is 4.50. The Morgan fingerprint density at radius 3 is 2.47 bits per heavy atom. The summed E-state index contributed by atoms with van der Waals surface area (Å²) in [5.74, 6) is -2.17. The average molecular weight is 213 g/mol. The first-order valence-corrected chi connectivity index (χ1v) is 3.84. The average Bonchev–Trinajstić information content (AvgIpc) is 2.16. The molecule has 0 atom stereocenters. The molecule has 1 amide bonds. The lowest BCUT2D eigenvalue weighted by molar-refractivity contribution is 0.182. The van der Waals surface area contributed by atoms with Gasteiger partial charge < -0.3 is 10.5 Å². The van der Waals surface area contributed by atoms with Crippen molar-refractivity contribution in [2.75, 3.05) is 7.11 Å². The minimum atomic E-state index is -0.943. The summed E-state index contributed by atoms with van der Waals surface area (Å²) in [4.78, 5) is 13.9. The zero-order valence-corrected chi connectivity index (χ0v) is 7.75. The Kier molecular flexibility index (Phi) is 3.33. The number of amidine groups is 1. The molecule has 0 aliphatic rings. The van der Waals surface area contributed by atoms with Crippen LogP contribution in [0.2, 0.25) is 0 Å². The van der Waals surface area contributed by atoms with Gasteiger partial charge in [-0.3, -0.25) is 0 Å². The van der Waals surface area contributed by atoms with Gasteiger partial charge in [-0.05, 0) is 12.1 Å². The maximum Gasteiger partial charge on any atom is 0.435 e. The van der Waals surface area contributed by atoms with E-state index in [2.05, 4.69) is 9.73 Å². The fourth-order valence-corrected chi connectivity index (χ4v) is 0.857. The van der Waals surface area contributed by atoms with E-state index in [4.69, 9.17) is 5.73 Å². The minimum absolute atomic E-state index is 0.0471. The van der Waals surface area contributed by atoms with E-state index in [1.54, 1.807) is 6.07 Å². The van der Waals surface area contributed by atoms with Gasteiger partial charge in [-0.15, -0.1) is 0 Å². The minimum Gasteiger partial charge on any atom is -0.451 e. The Morgan fingerprint density at radius 2 is 2.00 bits per heavy atom. The molecule has 6 heteroatoms. The summed E-state index contributed by atoms with van der Waals surface area (Å²) >= 11 is 0. The number of ether oxygens (including phenoxy) is 1. The molecule has 1 rings (SSSR count). The Bertz CT molecular complexity index is 398. The van der Waals surface area contributed by atoms with Gasteiger partial charge in [0, 0.05) is 5.56 Å². The number of rotatable bonds is 1. The second-order valence-corrected chi connectivity index (χ2v) is 2.53. The van der Waals surface area contributed by atoms with Crippen molar-refractivity contribution in [3.05, 3.63) is 35.4 Å². The van der Waals surface area contributed by atoms with Crippen LogP contribution in [0.1, 0.15) is 5.56 Å². The van der Waals surface area contributed by atoms with Crippen molar-refractivity contribution in [2.45, 2.75) is 0 Å². The lowest BCUT2D eigenvalue weighted by atomic mass is 10.2. The zero-order chi connectivity index (χ0) is 11.4. The first-order chi connectivity index (χ1) is 7.02. The highest BCUT2D eigenvalue weighted by Gasteiger charge is 2.06. The van der Waals surface area contributed by atoms with Crippen LogP contribution in [0.4, 0.5) is 13.6 Å². The van der Waals surface area contributed by atoms with Gasteiger partial charge in [0.15, 0.2) is 0 Å². The molecule has 0 aliphatic carbocycles. The predicted octanol–water partition coefficient (Wildman–Crippen LogP) is 1.24. The molecule has 1 aromatic carbocycles. The van der Waals surface area contributed by atoms with Gasteiger partial charge in [-0.2, -0.15) is 4.99 Å². The molecule has 1 aromatic rings. The molecule has 0 fully saturated rings. The van der Waals surface area contributed by atoms with Crippen molar-refractivity contribution in [1.29, 1.82) is 0 Å². The van der Waals surface area contributed by atoms with E-state index in [0.717, 1.165) is 19.2 Å². The predicted molar refractivity (Wildman–Crippen MR) is 48.3 cm³/mol. The molecule has 0 bridgehead atoms. The van der Waals surface area contributed by atoms with Gasteiger partial charge in [-0.1, -0.05) is 0 Å². The topological polar surface area (TPSA) is 64.7 Å². The van der Waals surface area contributed by atoms with Gasteiger partial charge in [0.05, 0.1) is 13.2 Å². The van der Waals surface area contributed by atoms with Crippen molar-refractivity contribution in [1.82, 2.24) is 0 Å². The Balaban J connectivity index is 3.05. The molecule has 0 aliphatic heterocycles. The van der Waals surface area contributed by atoms with Crippen LogP contribution in [-0.2, 0) is 4.74 Å². The lowest BCUT2D eigenvalue weighted by Crippen LogP contribution is -2.16. The summed E-state index contributed by atoms with van der Waals surface area (Å²) in [6, 6.07) is 3.59. The molecular formula is C9H7F2N2O2. The summed E-state index contributed by atoms with van der Waals surface area (Å²) < 4.78 is 29.6. The number of methoxy groups -OCH3 is 1. The molecule has 4 nitrogen and oxygen atoms in total. The van der Waals surface area contributed by atoms with E-state index < -0.39 is 17.7 Å². The van der Waals surface area contributed by atoms with Crippen molar-refractivity contribution >= 4 is 11.9 Å². The summed E-state index contributed by atoms with van der Waals surface area (Å²) in [6.07, 6.45) is -0.943. The third kappa shape index (κ3) is 3.01. The molecular weight excluding hydrogens is 206 g/mol. The fourth-order valence-electron chi connectivity index (χ4n) is 0.857. The maximum absolute atomic E-state index is 12.7. The van der Waals surface area contributed by atoms with Crippen LogP contribution >= 0.6 is 0 Å². The Labute approximate surface area is 84.4 Å². The molecule has 15 heavy (non-hydrogen) atoms. The second-order valence-electron chi connectivity index (χ2n) is 2.53. The number of carbonyl (C=O) groups excluding carboxylic acids is 1. The molecule has 0 aromatic heterocycles. The number of carbonyl (C=O) groups is 1. The smallest absolute Gasteiger partial charge is 0.435 e. The van der Waals surface area contributed by atoms with E-state index in [1.807, 2.05) is 0 Å². The molecule has 0 heterocycles. The van der Waals surface area contributed by atoms with Crippen LogP contribution in [0.3, 0.4) is 0 Å². The highest BCUT2D eigenvalue weighted by molar-refractivity contribution is 6.02. The highest BCUT2D eigenvalue weighted by atomic mass is 19.1. The summed E-state index contributed by atoms with van der Waals surface area (Å²) in [6.45, 7) is 0. The first kappa shape index (κ1) is 11.1. The van der Waals surface area contributed by atoms with Gasteiger partial charge in [-0.25, -0.2) is 13.6 Å². The number of nitrogens with zero attached hydrogens (tertiary/aromatic N) is 1. The van der Waals surface area contributed by atoms with E-state index in [0.29, 0.717) is 0 Å². The standard InChI is InChI=1S/C9H7F2N2O2/c1-15-9(14)13-8(12)5-2-6(10)4-7(11)3-5/h2-3H,1H3,(H2,12,13,14). The fraction of sp³-hybridized carbons (Fsp3) is 0.111. The van der Waals surface area contributed by atoms with Crippen LogP contribution in [-0.4, -0.2) is 19.0 Å². The highest BCUT2D eigenvalue weighted by Crippen LogP contribution is 2.07. The zero-order valence-electron chi connectivity index (χ0n) is 7.75. The third-order valence-corrected chi connectivity index (χ3v) is 1.49. The van der Waals surface area contributed by atoms with Crippen LogP contribution in [0, 0.1) is 17.7 Å². The van der Waals surface area contributed by atoms with E-state index in [1.165, 1.54) is 0 Å². The van der Waals surface area contributed by atoms with Crippen molar-refractivity contribution in [3.8, 4) is 0 Å². The van der Waals surface area contributed by atoms with Crippen LogP contribution in [0.15, 0.2) is 17.1 Å². The van der Waals surface area contributed by atoms with Gasteiger partial charge >= 0.3 is 6.09 Å². The molecule has 1 radical (unpaired) electrons. The largest absolute Gasteiger partial charge is 0.451 e. The van der Waals surface area contributed by atoms with Crippen LogP contribution in [0.25, 0.3) is 0 Å². The maximum atomic E-state index is 12.7. The number of amides is 1. The van der Waals surface area contributed by atoms with Crippen LogP contribution in [0.5, 0.6) is 0 Å². The number of nitrogens with two attached hydrogens (primary N) is 1. The van der Waals surface area contributed by atoms with Gasteiger partial charge in [0.2, 0.25) is 0 Å². The van der Waals surface area contributed by atoms with Crippen molar-refractivity contribution in [2.24, 2.45) is 10.7 Å². The van der Waals surface area contributed by atoms with E-state index >= 15 is 0 Å². The molecule has 79 valence electrons. The quantitative estimate of drug-likeness (QED) is 0.563.